The van der Waals surface area contributed by atoms with E-state index in [9.17, 15) is 5.11 Å². The highest BCUT2D eigenvalue weighted by Crippen LogP contribution is 2.31. The summed E-state index contributed by atoms with van der Waals surface area (Å²) < 4.78 is 0. The highest BCUT2D eigenvalue weighted by atomic mass is 16.3. The van der Waals surface area contributed by atoms with Gasteiger partial charge in [-0.1, -0.05) is 37.5 Å². The average molecular weight is 307 g/mol. The van der Waals surface area contributed by atoms with Crippen LogP contribution in [0.5, 0.6) is 5.75 Å². The van der Waals surface area contributed by atoms with E-state index >= 15 is 0 Å². The van der Waals surface area contributed by atoms with Gasteiger partial charge in [0.25, 0.3) is 0 Å². The summed E-state index contributed by atoms with van der Waals surface area (Å²) in [6.07, 6.45) is 6.33. The number of aromatic hydroxyl groups is 1. The molecule has 1 aromatic heterocycles. The predicted octanol–water partition coefficient (Wildman–Crippen LogP) is 3.75. The molecule has 2 N–H and O–H groups in total. The van der Waals surface area contributed by atoms with Crippen LogP contribution in [-0.2, 0) is 6.54 Å². The van der Waals surface area contributed by atoms with E-state index in [-0.39, 0.29) is 5.75 Å². The fourth-order valence-corrected chi connectivity index (χ4v) is 3.15. The Balaban J connectivity index is 1.79. The van der Waals surface area contributed by atoms with Crippen molar-refractivity contribution in [3.63, 3.8) is 0 Å². The number of phenolic OH excluding ortho intramolecular Hbond substituents is 1. The van der Waals surface area contributed by atoms with E-state index in [1.165, 1.54) is 32.1 Å². The van der Waals surface area contributed by atoms with E-state index in [1.54, 1.807) is 12.1 Å². The lowest BCUT2D eigenvalue weighted by Gasteiger charge is -2.23. The lowest BCUT2D eigenvalue weighted by Crippen LogP contribution is -2.30. The Morgan fingerprint density at radius 1 is 1.13 bits per heavy atom. The summed E-state index contributed by atoms with van der Waals surface area (Å²) in [5, 5.41) is 23.1. The summed E-state index contributed by atoms with van der Waals surface area (Å²) in [6.45, 7) is 0.655. The van der Waals surface area contributed by atoms with Crippen LogP contribution in [0.3, 0.4) is 0 Å². The summed E-state index contributed by atoms with van der Waals surface area (Å²) >= 11 is 0. The van der Waals surface area contributed by atoms with Crippen molar-refractivity contribution >= 4 is 0 Å². The van der Waals surface area contributed by atoms with Crippen molar-refractivity contribution in [3.05, 3.63) is 47.7 Å². The number of pyridine rings is 1. The van der Waals surface area contributed by atoms with Crippen LogP contribution in [0.25, 0.3) is 11.3 Å². The molecular weight excluding hydrogens is 286 g/mol. The fraction of sp³-hybridized carbons (Fsp3) is 0.368. The molecule has 23 heavy (non-hydrogen) atoms. The molecule has 1 fully saturated rings. The van der Waals surface area contributed by atoms with Crippen molar-refractivity contribution in [2.45, 2.75) is 44.7 Å². The molecule has 0 amide bonds. The van der Waals surface area contributed by atoms with E-state index in [0.717, 1.165) is 5.56 Å². The van der Waals surface area contributed by atoms with Crippen molar-refractivity contribution in [1.29, 1.82) is 5.26 Å². The molecule has 4 heteroatoms. The van der Waals surface area contributed by atoms with Gasteiger partial charge in [0, 0.05) is 23.7 Å². The highest BCUT2D eigenvalue weighted by molar-refractivity contribution is 5.69. The van der Waals surface area contributed by atoms with Crippen LogP contribution in [0.1, 0.15) is 43.4 Å². The van der Waals surface area contributed by atoms with E-state index < -0.39 is 0 Å². The number of nitriles is 1. The van der Waals surface area contributed by atoms with E-state index in [4.69, 9.17) is 5.26 Å². The maximum Gasteiger partial charge on any atom is 0.141 e. The standard InChI is InChI=1S/C19H21N3O/c20-12-16-9-5-11-18(22-16)17-10-4-6-14(19(17)23)13-21-15-7-2-1-3-8-15/h4-6,9-11,15,21,23H,1-3,7-8,13H2. The van der Waals surface area contributed by atoms with Crippen molar-refractivity contribution in [2.24, 2.45) is 0 Å². The van der Waals surface area contributed by atoms with E-state index in [2.05, 4.69) is 10.3 Å². The van der Waals surface area contributed by atoms with Crippen LogP contribution in [-0.4, -0.2) is 16.1 Å². The first kappa shape index (κ1) is 15.5. The van der Waals surface area contributed by atoms with E-state index in [1.807, 2.05) is 30.3 Å². The molecule has 1 saturated carbocycles. The molecule has 2 aromatic rings. The van der Waals surface area contributed by atoms with Gasteiger partial charge in [-0.05, 0) is 31.0 Å². The second kappa shape index (κ2) is 7.26. The van der Waals surface area contributed by atoms with Crippen LogP contribution in [0.2, 0.25) is 0 Å². The number of para-hydroxylation sites is 1. The van der Waals surface area contributed by atoms with E-state index in [0.29, 0.717) is 29.5 Å². The van der Waals surface area contributed by atoms with Crippen LogP contribution < -0.4 is 5.32 Å². The molecule has 0 unspecified atom stereocenters. The molecule has 3 rings (SSSR count). The molecule has 1 heterocycles. The number of aromatic nitrogens is 1. The molecule has 118 valence electrons. The quantitative estimate of drug-likeness (QED) is 0.902. The van der Waals surface area contributed by atoms with Crippen LogP contribution >= 0.6 is 0 Å². The first-order valence-corrected chi connectivity index (χ1v) is 8.19. The number of rotatable bonds is 4. The van der Waals surface area contributed by atoms with Gasteiger partial charge in [-0.2, -0.15) is 5.26 Å². The Hall–Kier alpha value is -2.38. The fourth-order valence-electron chi connectivity index (χ4n) is 3.15. The Labute approximate surface area is 136 Å². The smallest absolute Gasteiger partial charge is 0.141 e. The topological polar surface area (TPSA) is 68.9 Å². The number of hydrogen-bond donors (Lipinski definition) is 2. The zero-order chi connectivity index (χ0) is 16.1. The summed E-state index contributed by atoms with van der Waals surface area (Å²) in [5.74, 6) is 0.249. The minimum absolute atomic E-state index is 0.249. The predicted molar refractivity (Wildman–Crippen MR) is 89.8 cm³/mol. The van der Waals surface area contributed by atoms with Crippen molar-refractivity contribution < 1.29 is 5.11 Å². The third-order valence-corrected chi connectivity index (χ3v) is 4.45. The zero-order valence-corrected chi connectivity index (χ0v) is 13.1. The van der Waals surface area contributed by atoms with Crippen LogP contribution in [0.15, 0.2) is 36.4 Å². The third-order valence-electron chi connectivity index (χ3n) is 4.45. The maximum absolute atomic E-state index is 10.6. The lowest BCUT2D eigenvalue weighted by atomic mass is 9.95. The molecule has 0 bridgehead atoms. The Morgan fingerprint density at radius 2 is 1.91 bits per heavy atom. The summed E-state index contributed by atoms with van der Waals surface area (Å²) in [6, 6.07) is 13.5. The minimum Gasteiger partial charge on any atom is -0.507 e. The number of phenols is 1. The second-order valence-corrected chi connectivity index (χ2v) is 6.05. The normalized spacial score (nSPS) is 15.3. The number of nitrogens with one attached hydrogen (secondary N) is 1. The Bertz CT molecular complexity index is 715. The Morgan fingerprint density at radius 3 is 2.70 bits per heavy atom. The van der Waals surface area contributed by atoms with Gasteiger partial charge in [-0.15, -0.1) is 0 Å². The molecule has 1 aliphatic rings. The van der Waals surface area contributed by atoms with Crippen LogP contribution in [0.4, 0.5) is 0 Å². The first-order chi connectivity index (χ1) is 11.3. The third kappa shape index (κ3) is 3.69. The SMILES string of the molecule is N#Cc1cccc(-c2cccc(CNC3CCCCC3)c2O)n1. The Kier molecular flexibility index (Phi) is 4.89. The van der Waals surface area contributed by atoms with Crippen molar-refractivity contribution in [1.82, 2.24) is 10.3 Å². The molecule has 0 atom stereocenters. The molecule has 0 aliphatic heterocycles. The van der Waals surface area contributed by atoms with Gasteiger partial charge in [0.15, 0.2) is 0 Å². The largest absolute Gasteiger partial charge is 0.507 e. The maximum atomic E-state index is 10.6. The molecule has 0 radical (unpaired) electrons. The van der Waals surface area contributed by atoms with Gasteiger partial charge in [0.2, 0.25) is 0 Å². The lowest BCUT2D eigenvalue weighted by molar-refractivity contribution is 0.369. The summed E-state index contributed by atoms with van der Waals surface area (Å²) in [5.41, 5.74) is 2.52. The number of nitrogens with zero attached hydrogens (tertiary/aromatic N) is 2. The first-order valence-electron chi connectivity index (χ1n) is 8.19. The average Bonchev–Trinajstić information content (AvgIpc) is 2.62. The van der Waals surface area contributed by atoms with Gasteiger partial charge in [0.05, 0.1) is 5.69 Å². The van der Waals surface area contributed by atoms with Crippen molar-refractivity contribution in [2.75, 3.05) is 0 Å². The van der Waals surface area contributed by atoms with Crippen LogP contribution in [0, 0.1) is 11.3 Å². The molecule has 1 aromatic carbocycles. The van der Waals surface area contributed by atoms with Gasteiger partial charge >= 0.3 is 0 Å². The molecule has 0 saturated heterocycles. The highest BCUT2D eigenvalue weighted by Gasteiger charge is 2.15. The van der Waals surface area contributed by atoms with Gasteiger partial charge < -0.3 is 10.4 Å². The van der Waals surface area contributed by atoms with Gasteiger partial charge in [0.1, 0.15) is 17.5 Å². The molecule has 4 nitrogen and oxygen atoms in total. The number of hydrogen-bond acceptors (Lipinski definition) is 4. The summed E-state index contributed by atoms with van der Waals surface area (Å²) in [4.78, 5) is 4.27. The second-order valence-electron chi connectivity index (χ2n) is 6.05. The molecule has 1 aliphatic carbocycles. The monoisotopic (exact) mass is 307 g/mol. The van der Waals surface area contributed by atoms with Gasteiger partial charge in [-0.3, -0.25) is 0 Å². The molecular formula is C19H21N3O. The summed E-state index contributed by atoms with van der Waals surface area (Å²) in [7, 11) is 0. The number of benzene rings is 1. The van der Waals surface area contributed by atoms with Crippen molar-refractivity contribution in [3.8, 4) is 23.1 Å². The zero-order valence-electron chi connectivity index (χ0n) is 13.1. The molecule has 0 spiro atoms. The minimum atomic E-state index is 0.249. The van der Waals surface area contributed by atoms with Gasteiger partial charge in [-0.25, -0.2) is 4.98 Å².